The van der Waals surface area contributed by atoms with Crippen LogP contribution < -0.4 is 0 Å². The summed E-state index contributed by atoms with van der Waals surface area (Å²) in [5.74, 6) is 0.535. The molecular formula is C12H26OS. The maximum Gasteiger partial charge on any atom is 0.0757 e. The Morgan fingerprint density at radius 1 is 1.07 bits per heavy atom. The lowest BCUT2D eigenvalue weighted by Gasteiger charge is -2.39. The smallest absolute Gasteiger partial charge is 0.0757 e. The molecule has 86 valence electrons. The minimum absolute atomic E-state index is 0.0253. The van der Waals surface area contributed by atoms with E-state index in [1.807, 2.05) is 6.92 Å². The molecule has 0 aliphatic carbocycles. The number of thiol groups is 1. The lowest BCUT2D eigenvalue weighted by Crippen LogP contribution is -2.43. The van der Waals surface area contributed by atoms with Gasteiger partial charge in [-0.05, 0) is 18.8 Å². The van der Waals surface area contributed by atoms with Crippen molar-refractivity contribution < 1.29 is 5.11 Å². The molecule has 0 aromatic heterocycles. The average molecular weight is 218 g/mol. The second kappa shape index (κ2) is 6.02. The molecule has 0 heterocycles. The highest BCUT2D eigenvalue weighted by Crippen LogP contribution is 2.36. The molecule has 0 amide bonds. The molecule has 0 spiro atoms. The minimum atomic E-state index is -0.650. The van der Waals surface area contributed by atoms with Gasteiger partial charge in [-0.3, -0.25) is 0 Å². The third-order valence-electron chi connectivity index (χ3n) is 3.42. The first kappa shape index (κ1) is 14.3. The molecular weight excluding hydrogens is 192 g/mol. The van der Waals surface area contributed by atoms with Crippen LogP contribution >= 0.6 is 12.6 Å². The van der Waals surface area contributed by atoms with Crippen molar-refractivity contribution >= 4 is 12.6 Å². The van der Waals surface area contributed by atoms with Gasteiger partial charge in [0.15, 0.2) is 0 Å². The molecule has 0 aromatic rings. The zero-order valence-electron chi connectivity index (χ0n) is 10.1. The molecule has 0 saturated heterocycles. The molecule has 0 aromatic carbocycles. The minimum Gasteiger partial charge on any atom is -0.389 e. The van der Waals surface area contributed by atoms with Gasteiger partial charge in [-0.15, -0.1) is 0 Å². The highest BCUT2D eigenvalue weighted by molar-refractivity contribution is 7.80. The molecule has 0 rings (SSSR count). The fourth-order valence-electron chi connectivity index (χ4n) is 1.48. The normalized spacial score (nSPS) is 16.7. The van der Waals surface area contributed by atoms with Crippen LogP contribution in [0, 0.1) is 5.41 Å². The van der Waals surface area contributed by atoms with E-state index in [4.69, 9.17) is 0 Å². The molecule has 1 unspecified atom stereocenters. The van der Waals surface area contributed by atoms with Crippen molar-refractivity contribution in [2.75, 3.05) is 5.75 Å². The maximum absolute atomic E-state index is 10.1. The van der Waals surface area contributed by atoms with Crippen molar-refractivity contribution in [3.8, 4) is 0 Å². The van der Waals surface area contributed by atoms with Crippen molar-refractivity contribution in [2.45, 2.75) is 65.4 Å². The van der Waals surface area contributed by atoms with Crippen LogP contribution in [-0.2, 0) is 0 Å². The van der Waals surface area contributed by atoms with Crippen LogP contribution in [-0.4, -0.2) is 16.5 Å². The standard InChI is InChI=1S/C12H26OS/c1-5-6-7-8-9-11(2,3)12(4,13)10-14/h13-14H,5-10H2,1-4H3. The molecule has 0 saturated carbocycles. The monoisotopic (exact) mass is 218 g/mol. The lowest BCUT2D eigenvalue weighted by molar-refractivity contribution is -0.0358. The van der Waals surface area contributed by atoms with Crippen LogP contribution in [0.2, 0.25) is 0 Å². The van der Waals surface area contributed by atoms with E-state index < -0.39 is 5.60 Å². The van der Waals surface area contributed by atoms with E-state index in [1.54, 1.807) is 0 Å². The quantitative estimate of drug-likeness (QED) is 0.493. The molecule has 0 fully saturated rings. The van der Waals surface area contributed by atoms with Crippen molar-refractivity contribution in [1.82, 2.24) is 0 Å². The number of aliphatic hydroxyl groups is 1. The Balaban J connectivity index is 3.94. The Labute approximate surface area is 94.7 Å². The van der Waals surface area contributed by atoms with E-state index in [0.29, 0.717) is 5.75 Å². The van der Waals surface area contributed by atoms with Crippen LogP contribution in [0.5, 0.6) is 0 Å². The SMILES string of the molecule is CCCCCCC(C)(C)C(C)(O)CS. The van der Waals surface area contributed by atoms with Gasteiger partial charge in [0.25, 0.3) is 0 Å². The topological polar surface area (TPSA) is 20.2 Å². The van der Waals surface area contributed by atoms with Crippen LogP contribution in [0.1, 0.15) is 59.8 Å². The average Bonchev–Trinajstić information content (AvgIpc) is 2.12. The van der Waals surface area contributed by atoms with Gasteiger partial charge < -0.3 is 5.11 Å². The molecule has 0 aliphatic rings. The number of hydrogen-bond donors (Lipinski definition) is 2. The Kier molecular flexibility index (Phi) is 6.15. The van der Waals surface area contributed by atoms with E-state index >= 15 is 0 Å². The molecule has 14 heavy (non-hydrogen) atoms. The zero-order chi connectivity index (χ0) is 11.2. The largest absolute Gasteiger partial charge is 0.389 e. The second-order valence-corrected chi connectivity index (χ2v) is 5.44. The van der Waals surface area contributed by atoms with Gasteiger partial charge in [0.2, 0.25) is 0 Å². The van der Waals surface area contributed by atoms with Crippen molar-refractivity contribution in [3.05, 3.63) is 0 Å². The zero-order valence-corrected chi connectivity index (χ0v) is 11.0. The fraction of sp³-hybridized carbons (Fsp3) is 1.00. The third kappa shape index (κ3) is 4.22. The van der Waals surface area contributed by atoms with E-state index in [0.717, 1.165) is 6.42 Å². The van der Waals surface area contributed by atoms with Gasteiger partial charge in [0.05, 0.1) is 5.60 Å². The molecule has 1 atom stereocenters. The molecule has 0 bridgehead atoms. The molecule has 2 heteroatoms. The van der Waals surface area contributed by atoms with Gasteiger partial charge in [-0.1, -0.05) is 46.5 Å². The molecule has 1 nitrogen and oxygen atoms in total. The molecule has 0 aliphatic heterocycles. The van der Waals surface area contributed by atoms with E-state index in [2.05, 4.69) is 33.4 Å². The Hall–Kier alpha value is 0.310. The summed E-state index contributed by atoms with van der Waals surface area (Å²) in [6.45, 7) is 8.37. The fourth-order valence-corrected chi connectivity index (χ4v) is 1.91. The third-order valence-corrected chi connectivity index (χ3v) is 4.04. The Morgan fingerprint density at radius 3 is 2.07 bits per heavy atom. The summed E-state index contributed by atoms with van der Waals surface area (Å²) >= 11 is 4.21. The van der Waals surface area contributed by atoms with Gasteiger partial charge >= 0.3 is 0 Å². The van der Waals surface area contributed by atoms with Gasteiger partial charge in [0, 0.05) is 5.75 Å². The van der Waals surface area contributed by atoms with Crippen molar-refractivity contribution in [2.24, 2.45) is 5.41 Å². The summed E-state index contributed by atoms with van der Waals surface area (Å²) in [6, 6.07) is 0. The van der Waals surface area contributed by atoms with Gasteiger partial charge in [0.1, 0.15) is 0 Å². The lowest BCUT2D eigenvalue weighted by atomic mass is 9.73. The van der Waals surface area contributed by atoms with Gasteiger partial charge in [-0.2, -0.15) is 12.6 Å². The van der Waals surface area contributed by atoms with Crippen LogP contribution in [0.3, 0.4) is 0 Å². The Bertz CT molecular complexity index is 152. The summed E-state index contributed by atoms with van der Waals surface area (Å²) in [5, 5.41) is 10.1. The van der Waals surface area contributed by atoms with Crippen molar-refractivity contribution in [3.63, 3.8) is 0 Å². The first-order valence-electron chi connectivity index (χ1n) is 5.70. The maximum atomic E-state index is 10.1. The first-order valence-corrected chi connectivity index (χ1v) is 6.34. The highest BCUT2D eigenvalue weighted by atomic mass is 32.1. The van der Waals surface area contributed by atoms with Crippen LogP contribution in [0.25, 0.3) is 0 Å². The van der Waals surface area contributed by atoms with Gasteiger partial charge in [-0.25, -0.2) is 0 Å². The van der Waals surface area contributed by atoms with Crippen molar-refractivity contribution in [1.29, 1.82) is 0 Å². The van der Waals surface area contributed by atoms with E-state index in [-0.39, 0.29) is 5.41 Å². The Morgan fingerprint density at radius 2 is 1.64 bits per heavy atom. The predicted octanol–water partition coefficient (Wildman–Crippen LogP) is 3.66. The summed E-state index contributed by atoms with van der Waals surface area (Å²) in [5.41, 5.74) is -0.676. The van der Waals surface area contributed by atoms with E-state index in [1.165, 1.54) is 25.7 Å². The second-order valence-electron chi connectivity index (χ2n) is 5.13. The summed E-state index contributed by atoms with van der Waals surface area (Å²) in [4.78, 5) is 0. The van der Waals surface area contributed by atoms with E-state index in [9.17, 15) is 5.11 Å². The highest BCUT2D eigenvalue weighted by Gasteiger charge is 2.37. The molecule has 0 radical (unpaired) electrons. The number of unbranched alkanes of at least 4 members (excludes halogenated alkanes) is 3. The number of rotatable bonds is 7. The van der Waals surface area contributed by atoms with Crippen LogP contribution in [0.15, 0.2) is 0 Å². The number of hydrogen-bond acceptors (Lipinski definition) is 2. The molecule has 1 N–H and O–H groups in total. The summed E-state index contributed by atoms with van der Waals surface area (Å²) < 4.78 is 0. The first-order chi connectivity index (χ1) is 6.37. The summed E-state index contributed by atoms with van der Waals surface area (Å²) in [6.07, 6.45) is 6.15. The van der Waals surface area contributed by atoms with Crippen LogP contribution in [0.4, 0.5) is 0 Å². The predicted molar refractivity (Wildman–Crippen MR) is 67.0 cm³/mol. The summed E-state index contributed by atoms with van der Waals surface area (Å²) in [7, 11) is 0.